The Kier molecular flexibility index (Phi) is 6.97. The van der Waals surface area contributed by atoms with Crippen LogP contribution in [-0.4, -0.2) is 29.5 Å². The van der Waals surface area contributed by atoms with E-state index in [1.807, 2.05) is 32.0 Å². The van der Waals surface area contributed by atoms with Crippen LogP contribution in [0.3, 0.4) is 0 Å². The van der Waals surface area contributed by atoms with E-state index in [2.05, 4.69) is 15.3 Å². The third-order valence-electron chi connectivity index (χ3n) is 4.60. The van der Waals surface area contributed by atoms with Crippen molar-refractivity contribution < 1.29 is 13.2 Å². The van der Waals surface area contributed by atoms with Crippen LogP contribution in [0.4, 0.5) is 11.5 Å². The Morgan fingerprint density at radius 2 is 1.68 bits per heavy atom. The van der Waals surface area contributed by atoms with Crippen LogP contribution in [0.5, 0.6) is 0 Å². The molecular formula is C22H24N4O3S2. The predicted octanol–water partition coefficient (Wildman–Crippen LogP) is 4.13. The van der Waals surface area contributed by atoms with Crippen LogP contribution in [0.25, 0.3) is 0 Å². The second-order valence-corrected chi connectivity index (χ2v) is 10.5. The van der Waals surface area contributed by atoms with Gasteiger partial charge in [0.2, 0.25) is 15.7 Å². The molecule has 0 radical (unpaired) electrons. The van der Waals surface area contributed by atoms with Gasteiger partial charge >= 0.3 is 0 Å². The number of hydrogen-bond donors (Lipinski definition) is 2. The minimum Gasteiger partial charge on any atom is -0.382 e. The Labute approximate surface area is 186 Å². The minimum atomic E-state index is -3.85. The number of anilines is 2. The number of thioether (sulfide) groups is 1. The average Bonchev–Trinajstić information content (AvgIpc) is 2.74. The van der Waals surface area contributed by atoms with Gasteiger partial charge in [-0.15, -0.1) is 0 Å². The smallest absolute Gasteiger partial charge is 0.237 e. The summed E-state index contributed by atoms with van der Waals surface area (Å²) < 4.78 is 25.9. The number of carbonyl (C=O) groups excluding carboxylic acids is 1. The monoisotopic (exact) mass is 456 g/mol. The van der Waals surface area contributed by atoms with Gasteiger partial charge in [-0.3, -0.25) is 4.79 Å². The SMILES string of the molecule is CC(C)c1ccc(S(=O)(=O)c2cnc(S[C@H](C)C(=O)Nc3ccccc3)nc2N)cc1. The van der Waals surface area contributed by atoms with E-state index in [-0.39, 0.29) is 26.7 Å². The fourth-order valence-corrected chi connectivity index (χ4v) is 4.77. The number of nitrogens with two attached hydrogens (primary N) is 1. The third kappa shape index (κ3) is 5.42. The van der Waals surface area contributed by atoms with Gasteiger partial charge in [-0.05, 0) is 42.7 Å². The molecule has 3 rings (SSSR count). The Hall–Kier alpha value is -2.91. The van der Waals surface area contributed by atoms with Gasteiger partial charge in [0, 0.05) is 5.69 Å². The van der Waals surface area contributed by atoms with Crippen molar-refractivity contribution in [1.82, 2.24) is 9.97 Å². The van der Waals surface area contributed by atoms with E-state index in [0.717, 1.165) is 17.3 Å². The number of para-hydroxylation sites is 1. The van der Waals surface area contributed by atoms with Crippen molar-refractivity contribution in [3.63, 3.8) is 0 Å². The van der Waals surface area contributed by atoms with Crippen LogP contribution in [0.1, 0.15) is 32.3 Å². The molecule has 2 aromatic carbocycles. The predicted molar refractivity (Wildman–Crippen MR) is 123 cm³/mol. The Bertz CT molecular complexity index is 1170. The van der Waals surface area contributed by atoms with Gasteiger partial charge in [-0.25, -0.2) is 18.4 Å². The molecule has 3 N–H and O–H groups in total. The molecule has 0 aliphatic carbocycles. The maximum Gasteiger partial charge on any atom is 0.237 e. The number of rotatable bonds is 7. The molecule has 0 bridgehead atoms. The van der Waals surface area contributed by atoms with E-state index < -0.39 is 15.1 Å². The second kappa shape index (κ2) is 9.49. The molecule has 0 aliphatic rings. The standard InChI is InChI=1S/C22H24N4O3S2/c1-14(2)16-9-11-18(12-10-16)31(28,29)19-13-24-22(26-20(19)23)30-15(3)21(27)25-17-7-5-4-6-8-17/h4-15H,1-3H3,(H,25,27)(H2,23,24,26)/t15-/m1/s1. The molecule has 162 valence electrons. The van der Waals surface area contributed by atoms with Crippen LogP contribution in [0.2, 0.25) is 0 Å². The zero-order valence-electron chi connectivity index (χ0n) is 17.4. The average molecular weight is 457 g/mol. The fraction of sp³-hybridized carbons (Fsp3) is 0.227. The Morgan fingerprint density at radius 3 is 2.26 bits per heavy atom. The number of benzene rings is 2. The summed E-state index contributed by atoms with van der Waals surface area (Å²) in [6.45, 7) is 5.78. The number of carbonyl (C=O) groups is 1. The Balaban J connectivity index is 1.75. The van der Waals surface area contributed by atoms with Crippen molar-refractivity contribution in [2.24, 2.45) is 0 Å². The van der Waals surface area contributed by atoms with E-state index in [9.17, 15) is 13.2 Å². The largest absolute Gasteiger partial charge is 0.382 e. The minimum absolute atomic E-state index is 0.128. The summed E-state index contributed by atoms with van der Waals surface area (Å²) in [5, 5.41) is 2.52. The quantitative estimate of drug-likeness (QED) is 0.406. The second-order valence-electron chi connectivity index (χ2n) is 7.24. The van der Waals surface area contributed by atoms with Gasteiger partial charge in [0.25, 0.3) is 0 Å². The van der Waals surface area contributed by atoms with Crippen molar-refractivity contribution in [3.8, 4) is 0 Å². The van der Waals surface area contributed by atoms with Gasteiger partial charge in [0.15, 0.2) is 5.16 Å². The number of nitrogen functional groups attached to an aromatic ring is 1. The number of sulfone groups is 1. The topological polar surface area (TPSA) is 115 Å². The molecule has 0 saturated carbocycles. The van der Waals surface area contributed by atoms with Gasteiger partial charge in [-0.1, -0.05) is 55.9 Å². The van der Waals surface area contributed by atoms with E-state index in [1.54, 1.807) is 43.3 Å². The molecule has 1 aromatic heterocycles. The number of hydrogen-bond acceptors (Lipinski definition) is 7. The molecule has 0 saturated heterocycles. The lowest BCUT2D eigenvalue weighted by molar-refractivity contribution is -0.115. The zero-order chi connectivity index (χ0) is 22.6. The summed E-state index contributed by atoms with van der Waals surface area (Å²) in [4.78, 5) is 20.6. The van der Waals surface area contributed by atoms with Crippen molar-refractivity contribution in [3.05, 3.63) is 66.4 Å². The third-order valence-corrected chi connectivity index (χ3v) is 7.36. The summed E-state index contributed by atoms with van der Waals surface area (Å²) in [6.07, 6.45) is 1.19. The highest BCUT2D eigenvalue weighted by Gasteiger charge is 2.24. The van der Waals surface area contributed by atoms with Crippen molar-refractivity contribution in [2.75, 3.05) is 11.1 Å². The molecular weight excluding hydrogens is 432 g/mol. The highest BCUT2D eigenvalue weighted by atomic mass is 32.2. The first-order valence-corrected chi connectivity index (χ1v) is 12.0. The lowest BCUT2D eigenvalue weighted by Gasteiger charge is -2.12. The molecule has 0 spiro atoms. The molecule has 0 fully saturated rings. The van der Waals surface area contributed by atoms with Gasteiger partial charge in [0.05, 0.1) is 16.3 Å². The maximum atomic E-state index is 12.9. The van der Waals surface area contributed by atoms with Crippen LogP contribution in [0, 0.1) is 0 Å². The number of nitrogens with zero attached hydrogens (tertiary/aromatic N) is 2. The van der Waals surface area contributed by atoms with Gasteiger partial charge < -0.3 is 11.1 Å². The zero-order valence-corrected chi connectivity index (χ0v) is 19.1. The molecule has 3 aromatic rings. The van der Waals surface area contributed by atoms with Gasteiger partial charge in [-0.2, -0.15) is 0 Å². The normalized spacial score (nSPS) is 12.5. The number of aromatic nitrogens is 2. The molecule has 0 aliphatic heterocycles. The molecule has 1 amide bonds. The molecule has 7 nitrogen and oxygen atoms in total. The summed E-state index contributed by atoms with van der Waals surface area (Å²) >= 11 is 1.10. The fourth-order valence-electron chi connectivity index (χ4n) is 2.77. The first-order valence-electron chi connectivity index (χ1n) is 9.68. The summed E-state index contributed by atoms with van der Waals surface area (Å²) in [7, 11) is -3.85. The number of amides is 1. The van der Waals surface area contributed by atoms with E-state index >= 15 is 0 Å². The van der Waals surface area contributed by atoms with Gasteiger partial charge in [0.1, 0.15) is 10.7 Å². The maximum absolute atomic E-state index is 12.9. The van der Waals surface area contributed by atoms with Crippen molar-refractivity contribution >= 4 is 39.0 Å². The highest BCUT2D eigenvalue weighted by molar-refractivity contribution is 8.00. The molecule has 9 heteroatoms. The van der Waals surface area contributed by atoms with Crippen molar-refractivity contribution in [2.45, 2.75) is 46.9 Å². The summed E-state index contributed by atoms with van der Waals surface area (Å²) in [5.41, 5.74) is 7.68. The summed E-state index contributed by atoms with van der Waals surface area (Å²) in [5.74, 6) is -0.0797. The van der Waals surface area contributed by atoms with Crippen LogP contribution >= 0.6 is 11.8 Å². The lowest BCUT2D eigenvalue weighted by atomic mass is 10.0. The first kappa shape index (κ1) is 22.8. The lowest BCUT2D eigenvalue weighted by Crippen LogP contribution is -2.22. The van der Waals surface area contributed by atoms with E-state index in [1.165, 1.54) is 6.20 Å². The molecule has 1 heterocycles. The first-order chi connectivity index (χ1) is 14.7. The molecule has 1 atom stereocenters. The highest BCUT2D eigenvalue weighted by Crippen LogP contribution is 2.28. The van der Waals surface area contributed by atoms with E-state index in [0.29, 0.717) is 11.6 Å². The molecule has 0 unspecified atom stereocenters. The summed E-state index contributed by atoms with van der Waals surface area (Å²) in [6, 6.07) is 15.8. The van der Waals surface area contributed by atoms with Crippen LogP contribution in [0.15, 0.2) is 75.7 Å². The number of nitrogens with one attached hydrogen (secondary N) is 1. The Morgan fingerprint density at radius 1 is 1.03 bits per heavy atom. The van der Waals surface area contributed by atoms with Crippen molar-refractivity contribution in [1.29, 1.82) is 0 Å². The van der Waals surface area contributed by atoms with E-state index in [4.69, 9.17) is 5.73 Å². The van der Waals surface area contributed by atoms with Crippen LogP contribution < -0.4 is 11.1 Å². The molecule has 31 heavy (non-hydrogen) atoms. The van der Waals surface area contributed by atoms with Crippen LogP contribution in [-0.2, 0) is 14.6 Å².